The van der Waals surface area contributed by atoms with Gasteiger partial charge in [-0.25, -0.2) is 9.78 Å². The van der Waals surface area contributed by atoms with Crippen LogP contribution in [0.3, 0.4) is 0 Å². The van der Waals surface area contributed by atoms with Gasteiger partial charge in [0.15, 0.2) is 0 Å². The van der Waals surface area contributed by atoms with Gasteiger partial charge in [-0.1, -0.05) is 25.1 Å². The van der Waals surface area contributed by atoms with Crippen molar-refractivity contribution in [3.05, 3.63) is 47.5 Å². The van der Waals surface area contributed by atoms with E-state index in [0.29, 0.717) is 6.54 Å². The molecule has 1 heterocycles. The smallest absolute Gasteiger partial charge is 0.319 e. The molecule has 0 fully saturated rings. The van der Waals surface area contributed by atoms with Crippen molar-refractivity contribution in [2.75, 3.05) is 11.9 Å². The molecule has 5 nitrogen and oxygen atoms in total. The molecule has 118 valence electrons. The van der Waals surface area contributed by atoms with Crippen molar-refractivity contribution in [1.29, 1.82) is 0 Å². The van der Waals surface area contributed by atoms with Crippen LogP contribution >= 0.6 is 0 Å². The number of carbonyl (C=O) groups is 1. The highest BCUT2D eigenvalue weighted by atomic mass is 16.2. The van der Waals surface area contributed by atoms with E-state index in [1.807, 2.05) is 38.2 Å². The van der Waals surface area contributed by atoms with Gasteiger partial charge in [0, 0.05) is 31.2 Å². The van der Waals surface area contributed by atoms with Crippen LogP contribution < -0.4 is 10.6 Å². The monoisotopic (exact) mass is 300 g/mol. The van der Waals surface area contributed by atoms with Gasteiger partial charge in [0.1, 0.15) is 5.82 Å². The Morgan fingerprint density at radius 3 is 2.82 bits per heavy atom. The van der Waals surface area contributed by atoms with Crippen LogP contribution in [0.4, 0.5) is 10.5 Å². The van der Waals surface area contributed by atoms with Gasteiger partial charge in [-0.15, -0.1) is 0 Å². The molecule has 0 spiro atoms. The number of hydrogen-bond donors (Lipinski definition) is 2. The molecule has 0 atom stereocenters. The maximum atomic E-state index is 12.0. The van der Waals surface area contributed by atoms with Gasteiger partial charge in [0.05, 0.1) is 0 Å². The molecule has 0 unspecified atom stereocenters. The molecule has 0 saturated heterocycles. The third-order valence-corrected chi connectivity index (χ3v) is 3.76. The van der Waals surface area contributed by atoms with Gasteiger partial charge in [0.2, 0.25) is 0 Å². The molecule has 1 aromatic carbocycles. The number of benzene rings is 1. The van der Waals surface area contributed by atoms with E-state index in [-0.39, 0.29) is 6.03 Å². The van der Waals surface area contributed by atoms with E-state index in [9.17, 15) is 4.79 Å². The molecule has 0 radical (unpaired) electrons. The van der Waals surface area contributed by atoms with E-state index in [2.05, 4.69) is 27.1 Å². The minimum atomic E-state index is -0.147. The lowest BCUT2D eigenvalue weighted by molar-refractivity contribution is 0.251. The van der Waals surface area contributed by atoms with Crippen molar-refractivity contribution in [2.24, 2.45) is 0 Å². The van der Waals surface area contributed by atoms with E-state index < -0.39 is 0 Å². The number of para-hydroxylation sites is 1. The third-order valence-electron chi connectivity index (χ3n) is 3.76. The summed E-state index contributed by atoms with van der Waals surface area (Å²) in [4.78, 5) is 16.2. The summed E-state index contributed by atoms with van der Waals surface area (Å²) in [6.45, 7) is 7.57. The average Bonchev–Trinajstić information content (AvgIpc) is 2.91. The number of imidazole rings is 1. The van der Waals surface area contributed by atoms with E-state index in [0.717, 1.165) is 42.0 Å². The number of hydrogen-bond acceptors (Lipinski definition) is 2. The molecule has 2 aromatic rings. The van der Waals surface area contributed by atoms with Crippen LogP contribution in [0.15, 0.2) is 30.6 Å². The highest BCUT2D eigenvalue weighted by Crippen LogP contribution is 2.20. The zero-order valence-electron chi connectivity index (χ0n) is 13.5. The van der Waals surface area contributed by atoms with Crippen LogP contribution in [0, 0.1) is 13.8 Å². The Morgan fingerprint density at radius 1 is 1.32 bits per heavy atom. The fourth-order valence-electron chi connectivity index (χ4n) is 2.45. The normalized spacial score (nSPS) is 10.5. The van der Waals surface area contributed by atoms with Crippen molar-refractivity contribution in [3.63, 3.8) is 0 Å². The molecular formula is C17H24N4O. The van der Waals surface area contributed by atoms with E-state index in [1.165, 1.54) is 0 Å². The molecule has 2 amide bonds. The Labute approximate surface area is 131 Å². The number of amides is 2. The molecule has 0 aliphatic rings. The van der Waals surface area contributed by atoms with Crippen molar-refractivity contribution in [2.45, 2.75) is 40.2 Å². The number of nitrogens with one attached hydrogen (secondary N) is 2. The summed E-state index contributed by atoms with van der Waals surface area (Å²) in [6, 6.07) is 5.93. The highest BCUT2D eigenvalue weighted by molar-refractivity contribution is 5.91. The Hall–Kier alpha value is -2.30. The summed E-state index contributed by atoms with van der Waals surface area (Å²) in [5.74, 6) is 0.997. The molecule has 2 N–H and O–H groups in total. The molecule has 0 aliphatic carbocycles. The van der Waals surface area contributed by atoms with Gasteiger partial charge in [0.25, 0.3) is 0 Å². The topological polar surface area (TPSA) is 59.0 Å². The first-order valence-electron chi connectivity index (χ1n) is 7.73. The SMILES string of the molecule is CCc1cccc(C)c1NC(=O)NCCCn1ccnc1C. The first kappa shape index (κ1) is 16.1. The molecular weight excluding hydrogens is 276 g/mol. The lowest BCUT2D eigenvalue weighted by atomic mass is 10.1. The molecule has 0 bridgehead atoms. The fourth-order valence-corrected chi connectivity index (χ4v) is 2.45. The second kappa shape index (κ2) is 7.64. The van der Waals surface area contributed by atoms with Gasteiger partial charge < -0.3 is 15.2 Å². The number of rotatable bonds is 6. The first-order chi connectivity index (χ1) is 10.6. The third kappa shape index (κ3) is 4.10. The predicted molar refractivity (Wildman–Crippen MR) is 89.2 cm³/mol. The van der Waals surface area contributed by atoms with Crippen molar-refractivity contribution in [1.82, 2.24) is 14.9 Å². The summed E-state index contributed by atoms with van der Waals surface area (Å²) in [6.07, 6.45) is 5.52. The van der Waals surface area contributed by atoms with Gasteiger partial charge >= 0.3 is 6.03 Å². The van der Waals surface area contributed by atoms with E-state index in [1.54, 1.807) is 6.20 Å². The minimum Gasteiger partial charge on any atom is -0.338 e. The number of carbonyl (C=O) groups excluding carboxylic acids is 1. The summed E-state index contributed by atoms with van der Waals surface area (Å²) in [5.41, 5.74) is 3.17. The molecule has 2 rings (SSSR count). The quantitative estimate of drug-likeness (QED) is 0.804. The van der Waals surface area contributed by atoms with Crippen molar-refractivity contribution < 1.29 is 4.79 Å². The Kier molecular flexibility index (Phi) is 5.58. The van der Waals surface area contributed by atoms with Crippen LogP contribution in [-0.4, -0.2) is 22.1 Å². The van der Waals surface area contributed by atoms with Crippen LogP contribution in [-0.2, 0) is 13.0 Å². The molecule has 1 aromatic heterocycles. The van der Waals surface area contributed by atoms with Gasteiger partial charge in [-0.2, -0.15) is 0 Å². The van der Waals surface area contributed by atoms with Crippen LogP contribution in [0.1, 0.15) is 30.3 Å². The summed E-state index contributed by atoms with van der Waals surface area (Å²) in [7, 11) is 0. The predicted octanol–water partition coefficient (Wildman–Crippen LogP) is 3.27. The maximum absolute atomic E-state index is 12.0. The van der Waals surface area contributed by atoms with Crippen molar-refractivity contribution in [3.8, 4) is 0 Å². The second-order valence-electron chi connectivity index (χ2n) is 5.36. The summed E-state index contributed by atoms with van der Waals surface area (Å²) in [5, 5.41) is 5.87. The molecule has 5 heteroatoms. The highest BCUT2D eigenvalue weighted by Gasteiger charge is 2.07. The maximum Gasteiger partial charge on any atom is 0.319 e. The van der Waals surface area contributed by atoms with Gasteiger partial charge in [-0.3, -0.25) is 0 Å². The zero-order chi connectivity index (χ0) is 15.9. The zero-order valence-corrected chi connectivity index (χ0v) is 13.5. The Balaban J connectivity index is 1.80. The molecule has 0 saturated carbocycles. The Morgan fingerprint density at radius 2 is 2.14 bits per heavy atom. The van der Waals surface area contributed by atoms with E-state index >= 15 is 0 Å². The lowest BCUT2D eigenvalue weighted by Crippen LogP contribution is -2.30. The Bertz CT molecular complexity index is 633. The average molecular weight is 300 g/mol. The number of anilines is 1. The fraction of sp³-hybridized carbons (Fsp3) is 0.412. The van der Waals surface area contributed by atoms with Gasteiger partial charge in [-0.05, 0) is 37.8 Å². The second-order valence-corrected chi connectivity index (χ2v) is 5.36. The minimum absolute atomic E-state index is 0.147. The summed E-state index contributed by atoms with van der Waals surface area (Å²) < 4.78 is 2.08. The summed E-state index contributed by atoms with van der Waals surface area (Å²) >= 11 is 0. The van der Waals surface area contributed by atoms with Crippen LogP contribution in [0.5, 0.6) is 0 Å². The number of aromatic nitrogens is 2. The largest absolute Gasteiger partial charge is 0.338 e. The van der Waals surface area contributed by atoms with Crippen LogP contribution in [0.25, 0.3) is 0 Å². The standard InChI is InChI=1S/C17H24N4O/c1-4-15-8-5-7-13(2)16(15)20-17(22)19-9-6-11-21-12-10-18-14(21)3/h5,7-8,10,12H,4,6,9,11H2,1-3H3,(H2,19,20,22). The number of aryl methyl sites for hydroxylation is 4. The number of urea groups is 1. The van der Waals surface area contributed by atoms with Crippen molar-refractivity contribution >= 4 is 11.7 Å². The number of nitrogens with zero attached hydrogens (tertiary/aromatic N) is 2. The first-order valence-corrected chi connectivity index (χ1v) is 7.73. The molecule has 0 aliphatic heterocycles. The van der Waals surface area contributed by atoms with Crippen LogP contribution in [0.2, 0.25) is 0 Å². The molecule has 22 heavy (non-hydrogen) atoms. The van der Waals surface area contributed by atoms with E-state index in [4.69, 9.17) is 0 Å². The lowest BCUT2D eigenvalue weighted by Gasteiger charge is -2.14.